The molecule has 5 nitrogen and oxygen atoms in total. The number of hydrogen-bond donors (Lipinski definition) is 2. The van der Waals surface area contributed by atoms with Gasteiger partial charge >= 0.3 is 0 Å². The Hall–Kier alpha value is -2.25. The van der Waals surface area contributed by atoms with Crippen LogP contribution in [-0.4, -0.2) is 20.9 Å². The first kappa shape index (κ1) is 18.1. The predicted octanol–water partition coefficient (Wildman–Crippen LogP) is 2.04. The Labute approximate surface area is 141 Å². The van der Waals surface area contributed by atoms with E-state index in [1.807, 2.05) is 31.2 Å². The van der Waals surface area contributed by atoms with Crippen LogP contribution in [0, 0.1) is 19.7 Å². The molecule has 0 aromatic heterocycles. The molecular weight excluding hydrogens is 331 g/mol. The predicted molar refractivity (Wildman–Crippen MR) is 89.4 cm³/mol. The standard InChI is InChI=1S/C17H19FN2O3S/c1-12-4-3-5-14(8-12)10-19-17(21)11-20-24(22,23)16-7-6-15(18)9-13(16)2/h3-9,20H,10-11H2,1-2H3,(H,19,21). The Morgan fingerprint density at radius 2 is 1.88 bits per heavy atom. The number of hydrogen-bond acceptors (Lipinski definition) is 3. The van der Waals surface area contributed by atoms with Crippen LogP contribution in [0.15, 0.2) is 47.4 Å². The third-order valence-electron chi connectivity index (χ3n) is 3.42. The minimum atomic E-state index is -3.87. The van der Waals surface area contributed by atoms with Gasteiger partial charge in [0.25, 0.3) is 0 Å². The molecular formula is C17H19FN2O3S. The summed E-state index contributed by atoms with van der Waals surface area (Å²) < 4.78 is 39.6. The molecule has 0 unspecified atom stereocenters. The molecule has 0 aliphatic carbocycles. The van der Waals surface area contributed by atoms with Gasteiger partial charge in [0.2, 0.25) is 15.9 Å². The first-order valence-electron chi connectivity index (χ1n) is 7.36. The Morgan fingerprint density at radius 1 is 1.12 bits per heavy atom. The zero-order valence-electron chi connectivity index (χ0n) is 13.5. The van der Waals surface area contributed by atoms with Gasteiger partial charge in [-0.3, -0.25) is 4.79 Å². The zero-order chi connectivity index (χ0) is 17.7. The third-order valence-corrected chi connectivity index (χ3v) is 4.98. The van der Waals surface area contributed by atoms with E-state index in [1.54, 1.807) is 0 Å². The molecule has 0 spiro atoms. The SMILES string of the molecule is Cc1cccc(CNC(=O)CNS(=O)(=O)c2ccc(F)cc2C)c1. The van der Waals surface area contributed by atoms with Crippen molar-refractivity contribution in [2.75, 3.05) is 6.54 Å². The van der Waals surface area contributed by atoms with E-state index in [0.29, 0.717) is 6.54 Å². The Morgan fingerprint density at radius 3 is 2.54 bits per heavy atom. The molecule has 0 saturated carbocycles. The van der Waals surface area contributed by atoms with Crippen LogP contribution in [0.4, 0.5) is 4.39 Å². The third kappa shape index (κ3) is 4.87. The normalized spacial score (nSPS) is 11.3. The minimum absolute atomic E-state index is 0.0459. The molecule has 0 saturated heterocycles. The fourth-order valence-electron chi connectivity index (χ4n) is 2.24. The largest absolute Gasteiger partial charge is 0.351 e. The van der Waals surface area contributed by atoms with Gasteiger partial charge in [0.1, 0.15) is 5.82 Å². The second kappa shape index (κ2) is 7.55. The van der Waals surface area contributed by atoms with Gasteiger partial charge in [0, 0.05) is 6.54 Å². The minimum Gasteiger partial charge on any atom is -0.351 e. The van der Waals surface area contributed by atoms with E-state index in [9.17, 15) is 17.6 Å². The van der Waals surface area contributed by atoms with Gasteiger partial charge in [-0.15, -0.1) is 0 Å². The topological polar surface area (TPSA) is 75.3 Å². The number of aryl methyl sites for hydroxylation is 2. The molecule has 128 valence electrons. The summed E-state index contributed by atoms with van der Waals surface area (Å²) in [5.74, 6) is -0.956. The average Bonchev–Trinajstić information content (AvgIpc) is 2.51. The molecule has 2 N–H and O–H groups in total. The summed E-state index contributed by atoms with van der Waals surface area (Å²) in [5, 5.41) is 2.65. The van der Waals surface area contributed by atoms with Crippen molar-refractivity contribution in [3.63, 3.8) is 0 Å². The van der Waals surface area contributed by atoms with Crippen molar-refractivity contribution in [1.82, 2.24) is 10.0 Å². The van der Waals surface area contributed by atoms with Crippen LogP contribution in [0.3, 0.4) is 0 Å². The first-order chi connectivity index (χ1) is 11.3. The highest BCUT2D eigenvalue weighted by Crippen LogP contribution is 2.15. The molecule has 2 aromatic carbocycles. The highest BCUT2D eigenvalue weighted by molar-refractivity contribution is 7.89. The Balaban J connectivity index is 1.93. The summed E-state index contributed by atoms with van der Waals surface area (Å²) in [4.78, 5) is 11.8. The smallest absolute Gasteiger partial charge is 0.241 e. The number of benzene rings is 2. The molecule has 0 aliphatic heterocycles. The summed E-state index contributed by atoms with van der Waals surface area (Å²) in [6.45, 7) is 3.38. The Bertz CT molecular complexity index is 851. The van der Waals surface area contributed by atoms with Crippen LogP contribution in [-0.2, 0) is 21.4 Å². The van der Waals surface area contributed by atoms with Gasteiger partial charge in [-0.25, -0.2) is 17.5 Å². The highest BCUT2D eigenvalue weighted by Gasteiger charge is 2.18. The average molecular weight is 350 g/mol. The van der Waals surface area contributed by atoms with Gasteiger partial charge in [-0.1, -0.05) is 29.8 Å². The van der Waals surface area contributed by atoms with E-state index in [2.05, 4.69) is 10.0 Å². The molecule has 0 radical (unpaired) electrons. The number of amides is 1. The van der Waals surface area contributed by atoms with E-state index < -0.39 is 21.7 Å². The molecule has 0 aliphatic rings. The number of sulfonamides is 1. The quantitative estimate of drug-likeness (QED) is 0.837. The van der Waals surface area contributed by atoms with Crippen LogP contribution >= 0.6 is 0 Å². The molecule has 7 heteroatoms. The van der Waals surface area contributed by atoms with Gasteiger partial charge < -0.3 is 5.32 Å². The lowest BCUT2D eigenvalue weighted by Crippen LogP contribution is -2.36. The molecule has 0 fully saturated rings. The second-order valence-corrected chi connectivity index (χ2v) is 7.24. The van der Waals surface area contributed by atoms with Crippen molar-refractivity contribution in [2.45, 2.75) is 25.3 Å². The summed E-state index contributed by atoms with van der Waals surface area (Å²) in [6.07, 6.45) is 0. The number of halogens is 1. The van der Waals surface area contributed by atoms with Crippen molar-refractivity contribution in [2.24, 2.45) is 0 Å². The van der Waals surface area contributed by atoms with Gasteiger partial charge in [0.05, 0.1) is 11.4 Å². The highest BCUT2D eigenvalue weighted by atomic mass is 32.2. The van der Waals surface area contributed by atoms with Crippen molar-refractivity contribution >= 4 is 15.9 Å². The lowest BCUT2D eigenvalue weighted by molar-refractivity contribution is -0.120. The first-order valence-corrected chi connectivity index (χ1v) is 8.84. The summed E-state index contributed by atoms with van der Waals surface area (Å²) >= 11 is 0. The van der Waals surface area contributed by atoms with E-state index in [1.165, 1.54) is 13.0 Å². The maximum atomic E-state index is 13.1. The van der Waals surface area contributed by atoms with Gasteiger partial charge in [-0.05, 0) is 43.2 Å². The monoisotopic (exact) mass is 350 g/mol. The molecule has 2 aromatic rings. The van der Waals surface area contributed by atoms with E-state index in [4.69, 9.17) is 0 Å². The lowest BCUT2D eigenvalue weighted by Gasteiger charge is -2.10. The van der Waals surface area contributed by atoms with Crippen molar-refractivity contribution < 1.29 is 17.6 Å². The molecule has 0 heterocycles. The summed E-state index contributed by atoms with van der Waals surface area (Å²) in [7, 11) is -3.87. The number of rotatable bonds is 6. The molecule has 1 amide bonds. The molecule has 0 bridgehead atoms. The van der Waals surface area contributed by atoms with E-state index >= 15 is 0 Å². The number of nitrogens with one attached hydrogen (secondary N) is 2. The zero-order valence-corrected chi connectivity index (χ0v) is 14.3. The van der Waals surface area contributed by atoms with E-state index in [-0.39, 0.29) is 17.0 Å². The van der Waals surface area contributed by atoms with Crippen LogP contribution < -0.4 is 10.0 Å². The molecule has 24 heavy (non-hydrogen) atoms. The maximum absolute atomic E-state index is 13.1. The van der Waals surface area contributed by atoms with Crippen LogP contribution in [0.5, 0.6) is 0 Å². The Kier molecular flexibility index (Phi) is 5.69. The fraction of sp³-hybridized carbons (Fsp3) is 0.235. The molecule has 2 rings (SSSR count). The van der Waals surface area contributed by atoms with Gasteiger partial charge in [0.15, 0.2) is 0 Å². The summed E-state index contributed by atoms with van der Waals surface area (Å²) in [5.41, 5.74) is 2.29. The van der Waals surface area contributed by atoms with Crippen LogP contribution in [0.25, 0.3) is 0 Å². The number of carbonyl (C=O) groups excluding carboxylic acids is 1. The van der Waals surface area contributed by atoms with E-state index in [0.717, 1.165) is 23.3 Å². The fourth-order valence-corrected chi connectivity index (χ4v) is 3.44. The number of carbonyl (C=O) groups is 1. The second-order valence-electron chi connectivity index (χ2n) is 5.50. The van der Waals surface area contributed by atoms with Crippen molar-refractivity contribution in [1.29, 1.82) is 0 Å². The maximum Gasteiger partial charge on any atom is 0.241 e. The van der Waals surface area contributed by atoms with Crippen LogP contribution in [0.2, 0.25) is 0 Å². The molecule has 0 atom stereocenters. The lowest BCUT2D eigenvalue weighted by atomic mass is 10.1. The summed E-state index contributed by atoms with van der Waals surface area (Å²) in [6, 6.07) is 11.0. The van der Waals surface area contributed by atoms with Crippen molar-refractivity contribution in [3.05, 3.63) is 65.0 Å². The van der Waals surface area contributed by atoms with Crippen LogP contribution in [0.1, 0.15) is 16.7 Å². The van der Waals surface area contributed by atoms with Crippen molar-refractivity contribution in [3.8, 4) is 0 Å². The van der Waals surface area contributed by atoms with Gasteiger partial charge in [-0.2, -0.15) is 0 Å².